The minimum absolute atomic E-state index is 0.228. The first-order valence-electron chi connectivity index (χ1n) is 5.98. The summed E-state index contributed by atoms with van der Waals surface area (Å²) in [6.45, 7) is 5.28. The van der Waals surface area contributed by atoms with Gasteiger partial charge in [0, 0.05) is 26.3 Å². The zero-order valence-electron chi connectivity index (χ0n) is 10.7. The molecule has 0 aliphatic rings. The number of hydrogen-bond donors (Lipinski definition) is 1. The van der Waals surface area contributed by atoms with Gasteiger partial charge in [0.1, 0.15) is 0 Å². The van der Waals surface area contributed by atoms with Crippen molar-refractivity contribution >= 4 is 9.84 Å². The third kappa shape index (κ3) is 8.07. The summed E-state index contributed by atoms with van der Waals surface area (Å²) in [4.78, 5) is 0. The van der Waals surface area contributed by atoms with Crippen molar-refractivity contribution in [3.05, 3.63) is 0 Å². The lowest BCUT2D eigenvalue weighted by molar-refractivity contribution is 0.199. The van der Waals surface area contributed by atoms with Crippen LogP contribution in [0.3, 0.4) is 0 Å². The van der Waals surface area contributed by atoms with Crippen LogP contribution in [0.4, 0.5) is 0 Å². The summed E-state index contributed by atoms with van der Waals surface area (Å²) >= 11 is 0. The average molecular weight is 251 g/mol. The van der Waals surface area contributed by atoms with Crippen LogP contribution in [0.1, 0.15) is 33.1 Å². The molecule has 0 fully saturated rings. The minimum Gasteiger partial charge on any atom is -0.385 e. The molecule has 5 heteroatoms. The molecule has 0 aromatic rings. The summed E-state index contributed by atoms with van der Waals surface area (Å²) in [6.07, 6.45) is 2.67. The van der Waals surface area contributed by atoms with Crippen molar-refractivity contribution in [2.24, 2.45) is 0 Å². The lowest BCUT2D eigenvalue weighted by Crippen LogP contribution is -2.32. The lowest BCUT2D eigenvalue weighted by Gasteiger charge is -2.14. The van der Waals surface area contributed by atoms with Crippen LogP contribution in [0.5, 0.6) is 0 Å². The predicted octanol–water partition coefficient (Wildman–Crippen LogP) is 1.22. The molecular weight excluding hydrogens is 226 g/mol. The van der Waals surface area contributed by atoms with Crippen LogP contribution in [-0.2, 0) is 14.6 Å². The van der Waals surface area contributed by atoms with E-state index in [1.165, 1.54) is 0 Å². The summed E-state index contributed by atoms with van der Waals surface area (Å²) in [5.74, 6) is 0.457. The van der Waals surface area contributed by atoms with Crippen molar-refractivity contribution in [2.75, 3.05) is 31.8 Å². The number of sulfone groups is 1. The van der Waals surface area contributed by atoms with Crippen molar-refractivity contribution in [2.45, 2.75) is 39.2 Å². The SMILES string of the molecule is CCC(CC)NCCS(=O)(=O)CCCOC. The molecule has 0 aliphatic carbocycles. The topological polar surface area (TPSA) is 55.4 Å². The van der Waals surface area contributed by atoms with Crippen molar-refractivity contribution < 1.29 is 13.2 Å². The van der Waals surface area contributed by atoms with Gasteiger partial charge in [-0.2, -0.15) is 0 Å². The lowest BCUT2D eigenvalue weighted by atomic mass is 10.2. The molecule has 16 heavy (non-hydrogen) atoms. The Hall–Kier alpha value is -0.130. The Morgan fingerprint density at radius 2 is 1.81 bits per heavy atom. The first kappa shape index (κ1) is 15.9. The molecule has 1 N–H and O–H groups in total. The van der Waals surface area contributed by atoms with Gasteiger partial charge in [-0.1, -0.05) is 13.8 Å². The van der Waals surface area contributed by atoms with Crippen molar-refractivity contribution in [3.63, 3.8) is 0 Å². The molecule has 0 bridgehead atoms. The van der Waals surface area contributed by atoms with Gasteiger partial charge in [-0.3, -0.25) is 0 Å². The van der Waals surface area contributed by atoms with Crippen LogP contribution in [0.2, 0.25) is 0 Å². The van der Waals surface area contributed by atoms with E-state index in [1.54, 1.807) is 7.11 Å². The van der Waals surface area contributed by atoms with E-state index in [-0.39, 0.29) is 11.5 Å². The van der Waals surface area contributed by atoms with Gasteiger partial charge in [-0.25, -0.2) is 8.42 Å². The number of nitrogens with one attached hydrogen (secondary N) is 1. The fourth-order valence-corrected chi connectivity index (χ4v) is 2.71. The third-order valence-electron chi connectivity index (χ3n) is 2.64. The highest BCUT2D eigenvalue weighted by atomic mass is 32.2. The molecule has 4 nitrogen and oxygen atoms in total. The van der Waals surface area contributed by atoms with Gasteiger partial charge in [-0.05, 0) is 19.3 Å². The van der Waals surface area contributed by atoms with Crippen LogP contribution in [0, 0.1) is 0 Å². The molecule has 0 aromatic heterocycles. The Morgan fingerprint density at radius 3 is 2.31 bits per heavy atom. The molecule has 0 spiro atoms. The molecule has 0 saturated carbocycles. The second kappa shape index (κ2) is 8.96. The van der Waals surface area contributed by atoms with Gasteiger partial charge in [0.15, 0.2) is 9.84 Å². The average Bonchev–Trinajstić information content (AvgIpc) is 2.24. The first-order valence-corrected chi connectivity index (χ1v) is 7.80. The maximum Gasteiger partial charge on any atom is 0.151 e. The number of ether oxygens (including phenoxy) is 1. The summed E-state index contributed by atoms with van der Waals surface area (Å²) in [7, 11) is -1.32. The molecule has 0 amide bonds. The molecule has 0 rings (SSSR count). The Labute approximate surface area is 99.7 Å². The molecule has 0 aliphatic heterocycles. The Balaban J connectivity index is 3.73. The van der Waals surface area contributed by atoms with E-state index >= 15 is 0 Å². The van der Waals surface area contributed by atoms with E-state index in [2.05, 4.69) is 19.2 Å². The fraction of sp³-hybridized carbons (Fsp3) is 1.00. The second-order valence-electron chi connectivity index (χ2n) is 3.97. The number of rotatable bonds is 10. The van der Waals surface area contributed by atoms with Gasteiger partial charge in [-0.15, -0.1) is 0 Å². The van der Waals surface area contributed by atoms with Gasteiger partial charge in [0.25, 0.3) is 0 Å². The highest BCUT2D eigenvalue weighted by Gasteiger charge is 2.11. The van der Waals surface area contributed by atoms with Crippen molar-refractivity contribution in [3.8, 4) is 0 Å². The summed E-state index contributed by atoms with van der Waals surface area (Å²) < 4.78 is 28.0. The predicted molar refractivity (Wildman–Crippen MR) is 67.5 cm³/mol. The highest BCUT2D eigenvalue weighted by Crippen LogP contribution is 1.97. The van der Waals surface area contributed by atoms with E-state index in [4.69, 9.17) is 4.74 Å². The standard InChI is InChI=1S/C11H25NO3S/c1-4-11(5-2)12-7-10-16(13,14)9-6-8-15-3/h11-12H,4-10H2,1-3H3. The molecule has 0 heterocycles. The quantitative estimate of drug-likeness (QED) is 0.593. The van der Waals surface area contributed by atoms with Gasteiger partial charge in [0.05, 0.1) is 11.5 Å². The Morgan fingerprint density at radius 1 is 1.19 bits per heavy atom. The van der Waals surface area contributed by atoms with Gasteiger partial charge in [0.2, 0.25) is 0 Å². The van der Waals surface area contributed by atoms with E-state index in [1.807, 2.05) is 0 Å². The molecule has 0 radical (unpaired) electrons. The minimum atomic E-state index is -2.91. The van der Waals surface area contributed by atoms with Crippen LogP contribution in [0.15, 0.2) is 0 Å². The van der Waals surface area contributed by atoms with Gasteiger partial charge >= 0.3 is 0 Å². The largest absolute Gasteiger partial charge is 0.385 e. The first-order chi connectivity index (χ1) is 7.55. The maximum atomic E-state index is 11.6. The zero-order chi connectivity index (χ0) is 12.4. The van der Waals surface area contributed by atoms with E-state index in [9.17, 15) is 8.42 Å². The summed E-state index contributed by atoms with van der Waals surface area (Å²) in [5, 5.41) is 3.26. The van der Waals surface area contributed by atoms with Crippen LogP contribution >= 0.6 is 0 Å². The van der Waals surface area contributed by atoms with E-state index in [0.717, 1.165) is 12.8 Å². The molecule has 0 saturated heterocycles. The Kier molecular flexibility index (Phi) is 8.89. The summed E-state index contributed by atoms with van der Waals surface area (Å²) in [5.41, 5.74) is 0. The third-order valence-corrected chi connectivity index (χ3v) is 4.37. The summed E-state index contributed by atoms with van der Waals surface area (Å²) in [6, 6.07) is 0.439. The molecule has 0 unspecified atom stereocenters. The fourth-order valence-electron chi connectivity index (χ4n) is 1.52. The zero-order valence-corrected chi connectivity index (χ0v) is 11.5. The van der Waals surface area contributed by atoms with Crippen LogP contribution < -0.4 is 5.32 Å². The van der Waals surface area contributed by atoms with Crippen molar-refractivity contribution in [1.29, 1.82) is 0 Å². The molecule has 98 valence electrons. The van der Waals surface area contributed by atoms with Crippen LogP contribution in [0.25, 0.3) is 0 Å². The van der Waals surface area contributed by atoms with E-state index in [0.29, 0.717) is 25.6 Å². The number of methoxy groups -OCH3 is 1. The molecule has 0 aromatic carbocycles. The smallest absolute Gasteiger partial charge is 0.151 e. The van der Waals surface area contributed by atoms with E-state index < -0.39 is 9.84 Å². The van der Waals surface area contributed by atoms with Gasteiger partial charge < -0.3 is 10.1 Å². The molecular formula is C11H25NO3S. The second-order valence-corrected chi connectivity index (χ2v) is 6.27. The highest BCUT2D eigenvalue weighted by molar-refractivity contribution is 7.91. The normalized spacial score (nSPS) is 12.2. The van der Waals surface area contributed by atoms with Crippen LogP contribution in [-0.4, -0.2) is 46.2 Å². The monoisotopic (exact) mass is 251 g/mol. The van der Waals surface area contributed by atoms with Crippen molar-refractivity contribution in [1.82, 2.24) is 5.32 Å². The maximum absolute atomic E-state index is 11.6. The number of hydrogen-bond acceptors (Lipinski definition) is 4. The Bertz CT molecular complexity index is 248. The molecule has 0 atom stereocenters.